The highest BCUT2D eigenvalue weighted by Crippen LogP contribution is 2.31. The number of rotatable bonds is 6. The Hall–Kier alpha value is -3.39. The monoisotopic (exact) mass is 495 g/mol. The molecule has 0 bridgehead atoms. The SMILES string of the molecule is Cc1c(-c2ccc(NC(=O)[C@@H](NC(=O)c3ccnn3C)C3CCCCCC3)cc2)c(Cl)cc[n+]1[O-]. The molecule has 1 atom stereocenters. The molecule has 2 N–H and O–H groups in total. The van der Waals surface area contributed by atoms with E-state index < -0.39 is 6.04 Å². The Labute approximate surface area is 209 Å². The minimum atomic E-state index is -0.652. The first-order valence-corrected chi connectivity index (χ1v) is 12.3. The first-order valence-electron chi connectivity index (χ1n) is 11.9. The molecule has 1 fully saturated rings. The van der Waals surface area contributed by atoms with Crippen LogP contribution in [0.4, 0.5) is 5.69 Å². The van der Waals surface area contributed by atoms with Gasteiger partial charge in [0.1, 0.15) is 11.7 Å². The van der Waals surface area contributed by atoms with E-state index in [2.05, 4.69) is 15.7 Å². The molecule has 4 rings (SSSR count). The summed E-state index contributed by atoms with van der Waals surface area (Å²) in [7, 11) is 1.70. The van der Waals surface area contributed by atoms with Crippen LogP contribution in [0.3, 0.4) is 0 Å². The van der Waals surface area contributed by atoms with Crippen molar-refractivity contribution in [3.8, 4) is 11.1 Å². The van der Waals surface area contributed by atoms with E-state index in [0.717, 1.165) is 48.8 Å². The van der Waals surface area contributed by atoms with E-state index in [1.807, 2.05) is 12.1 Å². The van der Waals surface area contributed by atoms with Crippen LogP contribution in [0.25, 0.3) is 11.1 Å². The van der Waals surface area contributed by atoms with E-state index in [4.69, 9.17) is 11.6 Å². The highest BCUT2D eigenvalue weighted by atomic mass is 35.5. The predicted molar refractivity (Wildman–Crippen MR) is 135 cm³/mol. The van der Waals surface area contributed by atoms with Gasteiger partial charge in [0.05, 0.1) is 10.6 Å². The number of aromatic nitrogens is 3. The van der Waals surface area contributed by atoms with Gasteiger partial charge < -0.3 is 15.8 Å². The van der Waals surface area contributed by atoms with Crippen molar-refractivity contribution in [2.24, 2.45) is 13.0 Å². The zero-order valence-corrected chi connectivity index (χ0v) is 20.7. The number of pyridine rings is 1. The van der Waals surface area contributed by atoms with Crippen LogP contribution in [0, 0.1) is 18.0 Å². The summed E-state index contributed by atoms with van der Waals surface area (Å²) in [5.74, 6) is -0.497. The molecular weight excluding hydrogens is 466 g/mol. The molecule has 8 nitrogen and oxygen atoms in total. The molecule has 3 aromatic rings. The molecule has 0 aliphatic heterocycles. The molecule has 35 heavy (non-hydrogen) atoms. The lowest BCUT2D eigenvalue weighted by Crippen LogP contribution is -2.48. The van der Waals surface area contributed by atoms with E-state index in [0.29, 0.717) is 27.7 Å². The molecule has 0 unspecified atom stereocenters. The quantitative estimate of drug-likeness (QED) is 0.300. The first kappa shape index (κ1) is 24.7. The molecule has 2 aromatic heterocycles. The van der Waals surface area contributed by atoms with Gasteiger partial charge in [-0.1, -0.05) is 49.4 Å². The Kier molecular flexibility index (Phi) is 7.70. The minimum absolute atomic E-state index is 0.0622. The minimum Gasteiger partial charge on any atom is -0.618 e. The number of carbonyl (C=O) groups is 2. The third-order valence-corrected chi connectivity index (χ3v) is 7.04. The van der Waals surface area contributed by atoms with E-state index in [1.54, 1.807) is 44.4 Å². The Morgan fingerprint density at radius 3 is 2.43 bits per heavy atom. The van der Waals surface area contributed by atoms with Crippen LogP contribution in [-0.2, 0) is 11.8 Å². The molecule has 0 spiro atoms. The normalized spacial score (nSPS) is 15.3. The lowest BCUT2D eigenvalue weighted by atomic mass is 9.91. The fourth-order valence-electron chi connectivity index (χ4n) is 4.75. The van der Waals surface area contributed by atoms with Crippen molar-refractivity contribution in [2.75, 3.05) is 5.32 Å². The second-order valence-electron chi connectivity index (χ2n) is 9.06. The third-order valence-electron chi connectivity index (χ3n) is 6.72. The van der Waals surface area contributed by atoms with Crippen LogP contribution in [0.1, 0.15) is 54.7 Å². The lowest BCUT2D eigenvalue weighted by molar-refractivity contribution is -0.611. The molecule has 1 aliphatic carbocycles. The van der Waals surface area contributed by atoms with E-state index in [1.165, 1.54) is 10.9 Å². The highest BCUT2D eigenvalue weighted by molar-refractivity contribution is 6.33. The molecule has 2 heterocycles. The smallest absolute Gasteiger partial charge is 0.270 e. The Balaban J connectivity index is 1.54. The Morgan fingerprint density at radius 2 is 1.80 bits per heavy atom. The van der Waals surface area contributed by atoms with Crippen molar-refractivity contribution in [2.45, 2.75) is 51.5 Å². The van der Waals surface area contributed by atoms with Crippen LogP contribution in [0.15, 0.2) is 48.8 Å². The largest absolute Gasteiger partial charge is 0.618 e. The van der Waals surface area contributed by atoms with E-state index in [-0.39, 0.29) is 17.7 Å². The second kappa shape index (κ2) is 10.9. The Morgan fingerprint density at radius 1 is 1.11 bits per heavy atom. The second-order valence-corrected chi connectivity index (χ2v) is 9.47. The number of halogens is 1. The standard InChI is InChI=1S/C26H30ClN5O3/c1-17-23(21(27)14-16-32(17)35)18-9-11-20(12-10-18)29-26(34)24(19-7-5-3-4-6-8-19)30-25(33)22-13-15-28-31(22)2/h9-16,19,24H,3-8H2,1-2H3,(H,29,34)(H,30,33)/t24-/m0/s1. The van der Waals surface area contributed by atoms with Crippen LogP contribution in [0.2, 0.25) is 5.02 Å². The predicted octanol–water partition coefficient (Wildman–Crippen LogP) is 4.39. The topological polar surface area (TPSA) is 103 Å². The lowest BCUT2D eigenvalue weighted by Gasteiger charge is -2.26. The Bertz CT molecular complexity index is 1200. The number of benzene rings is 1. The van der Waals surface area contributed by atoms with Gasteiger partial charge in [-0.25, -0.2) is 0 Å². The van der Waals surface area contributed by atoms with Crippen LogP contribution in [0.5, 0.6) is 0 Å². The summed E-state index contributed by atoms with van der Waals surface area (Å²) in [6.45, 7) is 1.71. The number of aryl methyl sites for hydroxylation is 1. The van der Waals surface area contributed by atoms with Gasteiger partial charge in [-0.15, -0.1) is 0 Å². The van der Waals surface area contributed by atoms with Gasteiger partial charge in [0.2, 0.25) is 5.91 Å². The molecule has 2 amide bonds. The zero-order chi connectivity index (χ0) is 24.9. The summed E-state index contributed by atoms with van der Waals surface area (Å²) in [6.07, 6.45) is 9.10. The van der Waals surface area contributed by atoms with Crippen molar-refractivity contribution in [1.29, 1.82) is 0 Å². The molecule has 0 saturated heterocycles. The van der Waals surface area contributed by atoms with Gasteiger partial charge in [-0.3, -0.25) is 14.3 Å². The van der Waals surface area contributed by atoms with Gasteiger partial charge in [-0.2, -0.15) is 9.83 Å². The summed E-state index contributed by atoms with van der Waals surface area (Å²) in [5, 5.41) is 22.5. The molecule has 1 aromatic carbocycles. The van der Waals surface area contributed by atoms with Gasteiger partial charge >= 0.3 is 0 Å². The third kappa shape index (κ3) is 5.65. The van der Waals surface area contributed by atoms with Gasteiger partial charge in [-0.05, 0) is 42.5 Å². The summed E-state index contributed by atoms with van der Waals surface area (Å²) < 4.78 is 2.28. The maximum absolute atomic E-state index is 13.4. The average molecular weight is 496 g/mol. The van der Waals surface area contributed by atoms with Crippen molar-refractivity contribution in [3.05, 3.63) is 70.4 Å². The van der Waals surface area contributed by atoms with Crippen LogP contribution < -0.4 is 15.4 Å². The molecule has 0 radical (unpaired) electrons. The van der Waals surface area contributed by atoms with Crippen molar-refractivity contribution in [1.82, 2.24) is 15.1 Å². The number of nitrogens with one attached hydrogen (secondary N) is 2. The van der Waals surface area contributed by atoms with Crippen molar-refractivity contribution in [3.63, 3.8) is 0 Å². The number of hydrogen-bond donors (Lipinski definition) is 2. The number of hydrogen-bond acceptors (Lipinski definition) is 4. The fraction of sp³-hybridized carbons (Fsp3) is 0.385. The summed E-state index contributed by atoms with van der Waals surface area (Å²) >= 11 is 6.33. The van der Waals surface area contributed by atoms with Crippen LogP contribution >= 0.6 is 11.6 Å². The number of anilines is 1. The molecule has 1 saturated carbocycles. The number of carbonyl (C=O) groups excluding carboxylic acids is 2. The maximum atomic E-state index is 13.4. The van der Waals surface area contributed by atoms with Gasteiger partial charge in [0.25, 0.3) is 5.91 Å². The molecule has 184 valence electrons. The van der Waals surface area contributed by atoms with Crippen molar-refractivity contribution >= 4 is 29.1 Å². The van der Waals surface area contributed by atoms with Gasteiger partial charge in [0, 0.05) is 31.9 Å². The van der Waals surface area contributed by atoms with E-state index >= 15 is 0 Å². The number of amides is 2. The zero-order valence-electron chi connectivity index (χ0n) is 20.0. The molecular formula is C26H30ClN5O3. The van der Waals surface area contributed by atoms with E-state index in [9.17, 15) is 14.8 Å². The average Bonchev–Trinajstić information content (AvgIpc) is 3.10. The van der Waals surface area contributed by atoms with Crippen molar-refractivity contribution < 1.29 is 14.3 Å². The summed E-state index contributed by atoms with van der Waals surface area (Å²) in [5.41, 5.74) is 2.95. The highest BCUT2D eigenvalue weighted by Gasteiger charge is 2.31. The maximum Gasteiger partial charge on any atom is 0.270 e. The molecule has 9 heteroatoms. The van der Waals surface area contributed by atoms with Crippen LogP contribution in [-0.4, -0.2) is 27.6 Å². The summed E-state index contributed by atoms with van der Waals surface area (Å²) in [4.78, 5) is 26.3. The number of nitrogens with zero attached hydrogens (tertiary/aromatic N) is 3. The van der Waals surface area contributed by atoms with Gasteiger partial charge in [0.15, 0.2) is 11.9 Å². The first-order chi connectivity index (χ1) is 16.8. The molecule has 1 aliphatic rings. The fourth-order valence-corrected chi connectivity index (χ4v) is 5.05. The summed E-state index contributed by atoms with van der Waals surface area (Å²) in [6, 6.07) is 9.74.